The maximum atomic E-state index is 13.3. The van der Waals surface area contributed by atoms with Gasteiger partial charge in [-0.25, -0.2) is 0 Å². The molecule has 3 N–H and O–H groups in total. The van der Waals surface area contributed by atoms with Crippen LogP contribution in [0.1, 0.15) is 30.7 Å². The number of hydrogen-bond acceptors (Lipinski definition) is 12. The molecule has 1 aromatic heterocycles. The predicted molar refractivity (Wildman–Crippen MR) is 160 cm³/mol. The third-order valence-electron chi connectivity index (χ3n) is 6.93. The van der Waals surface area contributed by atoms with E-state index in [-0.39, 0.29) is 28.8 Å². The number of ketones is 1. The molecule has 3 aromatic rings. The SMILES string of the molecule is COc1cccc(C2C(C#N)=C(N)N(c3nnc(SCC(=O)Nc4cc(OC)ccc4OC)s3)C3=C2C(=O)CCC3)c1. The summed E-state index contributed by atoms with van der Waals surface area (Å²) < 4.78 is 16.5. The first kappa shape index (κ1) is 29.0. The summed E-state index contributed by atoms with van der Waals surface area (Å²) in [5.74, 6) is 1.07. The standard InChI is InChI=1S/C29H28N6O5S2/c1-38-17-7-4-6-16(12-17)25-19(14-30)27(31)35(21-8-5-9-22(36)26(21)25)28-33-34-29(42-28)41-15-24(37)32-20-13-18(39-2)10-11-23(20)40-3/h4,6-7,10-13,25H,5,8-9,15,31H2,1-3H3,(H,32,37). The number of thioether (sulfide) groups is 1. The minimum atomic E-state index is -0.608. The second-order valence-corrected chi connectivity index (χ2v) is 11.5. The molecule has 0 radical (unpaired) electrons. The molecule has 0 saturated heterocycles. The molecule has 2 heterocycles. The molecule has 1 aliphatic heterocycles. The first-order valence-electron chi connectivity index (χ1n) is 13.0. The van der Waals surface area contributed by atoms with Gasteiger partial charge < -0.3 is 25.3 Å². The number of nitrogens with two attached hydrogens (primary N) is 1. The fraction of sp³-hybridized carbons (Fsp3) is 0.276. The zero-order valence-electron chi connectivity index (χ0n) is 23.2. The molecule has 2 aliphatic rings. The fourth-order valence-corrected chi connectivity index (χ4v) is 6.72. The van der Waals surface area contributed by atoms with Crippen LogP contribution in [0.2, 0.25) is 0 Å². The van der Waals surface area contributed by atoms with Gasteiger partial charge in [0.25, 0.3) is 0 Å². The molecule has 1 atom stereocenters. The molecule has 5 rings (SSSR count). The van der Waals surface area contributed by atoms with Crippen molar-refractivity contribution in [1.29, 1.82) is 5.26 Å². The van der Waals surface area contributed by atoms with Gasteiger partial charge in [-0.15, -0.1) is 10.2 Å². The molecule has 216 valence electrons. The van der Waals surface area contributed by atoms with Crippen molar-refractivity contribution >= 4 is 45.6 Å². The summed E-state index contributed by atoms with van der Waals surface area (Å²) in [6.45, 7) is 0. The molecule has 0 saturated carbocycles. The number of Topliss-reactive ketones (excluding diaryl/α,β-unsaturated/α-hetero) is 1. The molecule has 1 aliphatic carbocycles. The monoisotopic (exact) mass is 604 g/mol. The van der Waals surface area contributed by atoms with Gasteiger partial charge in [0.15, 0.2) is 10.1 Å². The van der Waals surface area contributed by atoms with E-state index in [0.717, 1.165) is 5.56 Å². The average molecular weight is 605 g/mol. The average Bonchev–Trinajstić information content (AvgIpc) is 3.48. The highest BCUT2D eigenvalue weighted by Crippen LogP contribution is 2.47. The van der Waals surface area contributed by atoms with Gasteiger partial charge in [0.1, 0.15) is 23.1 Å². The van der Waals surface area contributed by atoms with Crippen molar-refractivity contribution in [3.8, 4) is 23.3 Å². The van der Waals surface area contributed by atoms with Crippen LogP contribution in [0.3, 0.4) is 0 Å². The molecule has 0 spiro atoms. The van der Waals surface area contributed by atoms with Crippen LogP contribution < -0.4 is 30.2 Å². The van der Waals surface area contributed by atoms with E-state index in [9.17, 15) is 14.9 Å². The highest BCUT2D eigenvalue weighted by molar-refractivity contribution is 8.01. The van der Waals surface area contributed by atoms with E-state index in [1.54, 1.807) is 37.3 Å². The molecule has 2 aromatic carbocycles. The van der Waals surface area contributed by atoms with Gasteiger partial charge in [-0.2, -0.15) is 5.26 Å². The molecule has 0 bridgehead atoms. The van der Waals surface area contributed by atoms with E-state index >= 15 is 0 Å². The number of allylic oxidation sites excluding steroid dienone is 3. The van der Waals surface area contributed by atoms with E-state index in [1.807, 2.05) is 24.3 Å². The van der Waals surface area contributed by atoms with E-state index in [4.69, 9.17) is 19.9 Å². The normalized spacial score (nSPS) is 16.6. The number of benzene rings is 2. The van der Waals surface area contributed by atoms with Gasteiger partial charge in [-0.3, -0.25) is 14.5 Å². The number of nitriles is 1. The van der Waals surface area contributed by atoms with Crippen molar-refractivity contribution in [1.82, 2.24) is 10.2 Å². The second-order valence-electron chi connectivity index (χ2n) is 9.35. The van der Waals surface area contributed by atoms with Gasteiger partial charge in [0, 0.05) is 23.8 Å². The number of nitrogens with zero attached hydrogens (tertiary/aromatic N) is 4. The highest BCUT2D eigenvalue weighted by Gasteiger charge is 2.41. The maximum Gasteiger partial charge on any atom is 0.234 e. The van der Waals surface area contributed by atoms with Gasteiger partial charge >= 0.3 is 0 Å². The van der Waals surface area contributed by atoms with Crippen molar-refractivity contribution in [2.24, 2.45) is 5.73 Å². The van der Waals surface area contributed by atoms with Crippen LogP contribution in [-0.4, -0.2) is 49.0 Å². The summed E-state index contributed by atoms with van der Waals surface area (Å²) in [6, 6.07) is 14.7. The van der Waals surface area contributed by atoms with E-state index in [2.05, 4.69) is 21.6 Å². The number of ether oxygens (including phenoxy) is 3. The molecular weight excluding hydrogens is 576 g/mol. The summed E-state index contributed by atoms with van der Waals surface area (Å²) >= 11 is 2.44. The van der Waals surface area contributed by atoms with Gasteiger partial charge in [0.05, 0.1) is 50.3 Å². The van der Waals surface area contributed by atoms with Crippen LogP contribution in [0.15, 0.2) is 69.5 Å². The minimum absolute atomic E-state index is 0.0296. The predicted octanol–water partition coefficient (Wildman–Crippen LogP) is 4.60. The Kier molecular flexibility index (Phi) is 8.65. The van der Waals surface area contributed by atoms with Crippen LogP contribution in [0.5, 0.6) is 17.2 Å². The Hall–Kier alpha value is -4.54. The smallest absolute Gasteiger partial charge is 0.234 e. The molecular formula is C29H28N6O5S2. The summed E-state index contributed by atoms with van der Waals surface area (Å²) in [5.41, 5.74) is 9.39. The number of carbonyl (C=O) groups is 2. The largest absolute Gasteiger partial charge is 0.497 e. The summed E-state index contributed by atoms with van der Waals surface area (Å²) in [4.78, 5) is 27.8. The van der Waals surface area contributed by atoms with Crippen LogP contribution in [-0.2, 0) is 9.59 Å². The number of nitrogens with one attached hydrogen (secondary N) is 1. The first-order valence-corrected chi connectivity index (χ1v) is 14.8. The Bertz CT molecular complexity index is 1640. The Labute approximate surface area is 251 Å². The molecule has 1 unspecified atom stereocenters. The van der Waals surface area contributed by atoms with Crippen molar-refractivity contribution < 1.29 is 23.8 Å². The molecule has 13 heteroatoms. The maximum absolute atomic E-state index is 13.3. The third kappa shape index (κ3) is 5.63. The Balaban J connectivity index is 1.40. The number of rotatable bonds is 9. The zero-order chi connectivity index (χ0) is 29.8. The van der Waals surface area contributed by atoms with Gasteiger partial charge in [-0.1, -0.05) is 35.2 Å². The topological polar surface area (TPSA) is 153 Å². The quantitative estimate of drug-likeness (QED) is 0.330. The third-order valence-corrected chi connectivity index (χ3v) is 8.98. The number of hydrogen-bond donors (Lipinski definition) is 2. The number of amides is 1. The van der Waals surface area contributed by atoms with Crippen molar-refractivity contribution in [2.75, 3.05) is 37.3 Å². The van der Waals surface area contributed by atoms with Crippen LogP contribution in [0, 0.1) is 11.3 Å². The number of aromatic nitrogens is 2. The summed E-state index contributed by atoms with van der Waals surface area (Å²) in [7, 11) is 4.63. The Morgan fingerprint density at radius 3 is 2.67 bits per heavy atom. The van der Waals surface area contributed by atoms with Gasteiger partial charge in [-0.05, 0) is 42.7 Å². The van der Waals surface area contributed by atoms with Crippen LogP contribution in [0.25, 0.3) is 0 Å². The molecule has 1 amide bonds. The van der Waals surface area contributed by atoms with Crippen molar-refractivity contribution in [3.05, 3.63) is 70.7 Å². The lowest BCUT2D eigenvalue weighted by molar-refractivity contribution is -0.116. The molecule has 0 fully saturated rings. The lowest BCUT2D eigenvalue weighted by atomic mass is 9.76. The fourth-order valence-electron chi connectivity index (χ4n) is 5.04. The lowest BCUT2D eigenvalue weighted by Crippen LogP contribution is -2.38. The Morgan fingerprint density at radius 1 is 1.14 bits per heavy atom. The Morgan fingerprint density at radius 2 is 1.93 bits per heavy atom. The zero-order valence-corrected chi connectivity index (χ0v) is 24.8. The van der Waals surface area contributed by atoms with Crippen molar-refractivity contribution in [3.63, 3.8) is 0 Å². The summed E-state index contributed by atoms with van der Waals surface area (Å²) in [6.07, 6.45) is 1.63. The number of carbonyl (C=O) groups excluding carboxylic acids is 2. The molecule has 42 heavy (non-hydrogen) atoms. The second kappa shape index (κ2) is 12.5. The first-order chi connectivity index (χ1) is 20.4. The van der Waals surface area contributed by atoms with Crippen LogP contribution in [0.4, 0.5) is 10.8 Å². The highest BCUT2D eigenvalue weighted by atomic mass is 32.2. The van der Waals surface area contributed by atoms with E-state index < -0.39 is 5.92 Å². The number of methoxy groups -OCH3 is 3. The van der Waals surface area contributed by atoms with Crippen LogP contribution >= 0.6 is 23.1 Å². The van der Waals surface area contributed by atoms with Crippen molar-refractivity contribution in [2.45, 2.75) is 29.5 Å². The minimum Gasteiger partial charge on any atom is -0.497 e. The van der Waals surface area contributed by atoms with E-state index in [1.165, 1.54) is 30.2 Å². The molecule has 11 nitrogen and oxygen atoms in total. The number of anilines is 2. The summed E-state index contributed by atoms with van der Waals surface area (Å²) in [5, 5.41) is 22.1. The lowest BCUT2D eigenvalue weighted by Gasteiger charge is -2.38. The van der Waals surface area contributed by atoms with Gasteiger partial charge in [0.2, 0.25) is 11.0 Å². The van der Waals surface area contributed by atoms with E-state index in [0.29, 0.717) is 62.9 Å².